The van der Waals surface area contributed by atoms with Gasteiger partial charge in [-0.2, -0.15) is 11.8 Å². The quantitative estimate of drug-likeness (QED) is 0.587. The van der Waals surface area contributed by atoms with Crippen molar-refractivity contribution in [2.75, 3.05) is 25.2 Å². The van der Waals surface area contributed by atoms with Gasteiger partial charge in [0, 0.05) is 17.5 Å². The molecule has 0 radical (unpaired) electrons. The molecule has 1 rings (SSSR count). The highest BCUT2D eigenvalue weighted by Gasteiger charge is 2.12. The molecule has 1 atom stereocenters. The lowest BCUT2D eigenvalue weighted by Gasteiger charge is -2.20. The molecule has 3 nitrogen and oxygen atoms in total. The molecule has 1 unspecified atom stereocenters. The van der Waals surface area contributed by atoms with Crippen molar-refractivity contribution in [3.8, 4) is 0 Å². The summed E-state index contributed by atoms with van der Waals surface area (Å²) in [5.74, 6) is 1.64. The van der Waals surface area contributed by atoms with Gasteiger partial charge in [0.25, 0.3) is 0 Å². The van der Waals surface area contributed by atoms with E-state index in [0.29, 0.717) is 12.5 Å². The first-order valence-corrected chi connectivity index (χ1v) is 7.78. The average molecular weight is 281 g/mol. The number of hydrogen-bond acceptors (Lipinski definition) is 4. The molecule has 0 saturated heterocycles. The van der Waals surface area contributed by atoms with Crippen LogP contribution in [0.3, 0.4) is 0 Å². The van der Waals surface area contributed by atoms with Gasteiger partial charge in [-0.1, -0.05) is 31.2 Å². The van der Waals surface area contributed by atoms with E-state index in [1.165, 1.54) is 18.2 Å². The summed E-state index contributed by atoms with van der Waals surface area (Å²) < 4.78 is 4.64. The van der Waals surface area contributed by atoms with Crippen molar-refractivity contribution in [1.29, 1.82) is 0 Å². The summed E-state index contributed by atoms with van der Waals surface area (Å²) in [6.45, 7) is 5.19. The van der Waals surface area contributed by atoms with E-state index in [0.717, 1.165) is 18.1 Å². The van der Waals surface area contributed by atoms with Gasteiger partial charge in [0.2, 0.25) is 0 Å². The van der Waals surface area contributed by atoms with Gasteiger partial charge in [-0.05, 0) is 24.6 Å². The second kappa shape index (κ2) is 8.99. The Labute approximate surface area is 120 Å². The third-order valence-electron chi connectivity index (χ3n) is 2.98. The molecule has 0 amide bonds. The van der Waals surface area contributed by atoms with E-state index in [1.54, 1.807) is 11.8 Å². The van der Waals surface area contributed by atoms with Crippen molar-refractivity contribution < 1.29 is 9.53 Å². The Morgan fingerprint density at radius 2 is 2.16 bits per heavy atom. The number of rotatable bonds is 8. The van der Waals surface area contributed by atoms with E-state index < -0.39 is 0 Å². The van der Waals surface area contributed by atoms with Gasteiger partial charge in [0.1, 0.15) is 0 Å². The maximum atomic E-state index is 11.1. The Balaban J connectivity index is 2.49. The van der Waals surface area contributed by atoms with E-state index in [4.69, 9.17) is 0 Å². The lowest BCUT2D eigenvalue weighted by Crippen LogP contribution is -2.24. The molecule has 1 aromatic rings. The summed E-state index contributed by atoms with van der Waals surface area (Å²) in [5.41, 5.74) is 2.65. The van der Waals surface area contributed by atoms with Crippen LogP contribution >= 0.6 is 11.8 Å². The molecule has 4 heteroatoms. The van der Waals surface area contributed by atoms with Crippen LogP contribution in [0, 0.1) is 6.92 Å². The lowest BCUT2D eigenvalue weighted by molar-refractivity contribution is -0.140. The highest BCUT2D eigenvalue weighted by Crippen LogP contribution is 2.22. The molecule has 0 bridgehead atoms. The molecule has 1 aromatic carbocycles. The fraction of sp³-hybridized carbons (Fsp3) is 0.533. The fourth-order valence-corrected chi connectivity index (χ4v) is 2.95. The Bertz CT molecular complexity index is 395. The highest BCUT2D eigenvalue weighted by molar-refractivity contribution is 7.99. The van der Waals surface area contributed by atoms with E-state index in [-0.39, 0.29) is 5.97 Å². The molecule has 0 fully saturated rings. The summed E-state index contributed by atoms with van der Waals surface area (Å²) in [5, 5.41) is 3.50. The first kappa shape index (κ1) is 16.1. The first-order chi connectivity index (χ1) is 9.19. The van der Waals surface area contributed by atoms with Crippen LogP contribution in [-0.4, -0.2) is 31.1 Å². The topological polar surface area (TPSA) is 38.3 Å². The number of esters is 1. The van der Waals surface area contributed by atoms with Gasteiger partial charge in [0.15, 0.2) is 0 Å². The minimum Gasteiger partial charge on any atom is -0.469 e. The normalized spacial score (nSPS) is 12.2. The number of aryl methyl sites for hydroxylation is 1. The molecule has 0 heterocycles. The van der Waals surface area contributed by atoms with Crippen LogP contribution in [0.5, 0.6) is 0 Å². The molecule has 1 N–H and O–H groups in total. The minimum absolute atomic E-state index is 0.136. The number of carbonyl (C=O) groups is 1. The number of benzene rings is 1. The Morgan fingerprint density at radius 3 is 2.79 bits per heavy atom. The number of ether oxygens (including phenoxy) is 1. The highest BCUT2D eigenvalue weighted by atomic mass is 32.2. The van der Waals surface area contributed by atoms with Crippen LogP contribution in [0.25, 0.3) is 0 Å². The molecule has 19 heavy (non-hydrogen) atoms. The summed E-state index contributed by atoms with van der Waals surface area (Å²) >= 11 is 1.79. The SMILES string of the molecule is CCNC(CSCCC(=O)OC)c1ccccc1C. The Morgan fingerprint density at radius 1 is 1.42 bits per heavy atom. The van der Waals surface area contributed by atoms with E-state index in [2.05, 4.69) is 48.2 Å². The van der Waals surface area contributed by atoms with Gasteiger partial charge >= 0.3 is 5.97 Å². The molecule has 0 spiro atoms. The smallest absolute Gasteiger partial charge is 0.306 e. The fourth-order valence-electron chi connectivity index (χ4n) is 1.94. The predicted molar refractivity (Wildman–Crippen MR) is 81.6 cm³/mol. The maximum absolute atomic E-state index is 11.1. The van der Waals surface area contributed by atoms with Crippen molar-refractivity contribution in [2.45, 2.75) is 26.3 Å². The van der Waals surface area contributed by atoms with Crippen molar-refractivity contribution in [3.63, 3.8) is 0 Å². The molecular weight excluding hydrogens is 258 g/mol. The average Bonchev–Trinajstić information content (AvgIpc) is 2.42. The maximum Gasteiger partial charge on any atom is 0.306 e. The van der Waals surface area contributed by atoms with Crippen LogP contribution in [0.15, 0.2) is 24.3 Å². The lowest BCUT2D eigenvalue weighted by atomic mass is 10.0. The third kappa shape index (κ3) is 5.66. The number of hydrogen-bond donors (Lipinski definition) is 1. The van der Waals surface area contributed by atoms with Gasteiger partial charge in [-0.15, -0.1) is 0 Å². The van der Waals surface area contributed by atoms with Gasteiger partial charge in [-0.25, -0.2) is 0 Å². The summed E-state index contributed by atoms with van der Waals surface area (Å²) in [6, 6.07) is 8.79. The van der Waals surface area contributed by atoms with Crippen LogP contribution in [-0.2, 0) is 9.53 Å². The standard InChI is InChI=1S/C15H23NO2S/c1-4-16-14(11-19-10-9-15(17)18-3)13-8-6-5-7-12(13)2/h5-8,14,16H,4,9-11H2,1-3H3. The Hall–Kier alpha value is -1.00. The first-order valence-electron chi connectivity index (χ1n) is 6.62. The summed E-state index contributed by atoms with van der Waals surface area (Å²) in [7, 11) is 1.43. The van der Waals surface area contributed by atoms with Crippen molar-refractivity contribution in [2.24, 2.45) is 0 Å². The Kier molecular flexibility index (Phi) is 7.60. The molecule has 0 saturated carbocycles. The zero-order valence-corrected chi connectivity index (χ0v) is 12.8. The van der Waals surface area contributed by atoms with Gasteiger partial charge in [-0.3, -0.25) is 4.79 Å². The van der Waals surface area contributed by atoms with Gasteiger partial charge < -0.3 is 10.1 Å². The van der Waals surface area contributed by atoms with E-state index in [1.807, 2.05) is 0 Å². The number of carbonyl (C=O) groups excluding carboxylic acids is 1. The van der Waals surface area contributed by atoms with Crippen LogP contribution in [0.4, 0.5) is 0 Å². The predicted octanol–water partition coefficient (Wildman–Crippen LogP) is 2.94. The van der Waals surface area contributed by atoms with E-state index >= 15 is 0 Å². The second-order valence-corrected chi connectivity index (χ2v) is 5.52. The molecular formula is C15H23NO2S. The molecule has 0 aliphatic carbocycles. The summed E-state index contributed by atoms with van der Waals surface area (Å²) in [4.78, 5) is 11.1. The van der Waals surface area contributed by atoms with Crippen LogP contribution in [0.2, 0.25) is 0 Å². The van der Waals surface area contributed by atoms with Crippen molar-refractivity contribution >= 4 is 17.7 Å². The third-order valence-corrected chi connectivity index (χ3v) is 4.04. The van der Waals surface area contributed by atoms with Crippen molar-refractivity contribution in [3.05, 3.63) is 35.4 Å². The molecule has 0 aliphatic heterocycles. The number of methoxy groups -OCH3 is 1. The number of nitrogens with one attached hydrogen (secondary N) is 1. The second-order valence-electron chi connectivity index (χ2n) is 4.37. The molecule has 0 aromatic heterocycles. The minimum atomic E-state index is -0.136. The van der Waals surface area contributed by atoms with Crippen LogP contribution in [0.1, 0.15) is 30.5 Å². The van der Waals surface area contributed by atoms with Gasteiger partial charge in [0.05, 0.1) is 13.5 Å². The summed E-state index contributed by atoms with van der Waals surface area (Å²) in [6.07, 6.45) is 0.480. The zero-order chi connectivity index (χ0) is 14.1. The van der Waals surface area contributed by atoms with Crippen molar-refractivity contribution in [1.82, 2.24) is 5.32 Å². The molecule has 0 aliphatic rings. The van der Waals surface area contributed by atoms with E-state index in [9.17, 15) is 4.79 Å². The molecule has 106 valence electrons. The zero-order valence-electron chi connectivity index (χ0n) is 11.9. The van der Waals surface area contributed by atoms with Crippen LogP contribution < -0.4 is 5.32 Å². The monoisotopic (exact) mass is 281 g/mol. The number of thioether (sulfide) groups is 1. The largest absolute Gasteiger partial charge is 0.469 e.